The minimum atomic E-state index is -1.01. The van der Waals surface area contributed by atoms with Gasteiger partial charge in [0, 0.05) is 6.54 Å². The van der Waals surface area contributed by atoms with Gasteiger partial charge in [0.2, 0.25) is 0 Å². The van der Waals surface area contributed by atoms with Gasteiger partial charge in [-0.3, -0.25) is 0 Å². The van der Waals surface area contributed by atoms with Crippen LogP contribution in [0.5, 0.6) is 5.75 Å². The van der Waals surface area contributed by atoms with Crippen LogP contribution in [0.2, 0.25) is 0 Å². The maximum atomic E-state index is 11.0. The fraction of sp³-hybridized carbons (Fsp3) is 0.308. The van der Waals surface area contributed by atoms with Crippen LogP contribution in [-0.2, 0) is 13.2 Å². The van der Waals surface area contributed by atoms with Crippen molar-refractivity contribution < 1.29 is 14.6 Å². The van der Waals surface area contributed by atoms with Crippen LogP contribution >= 0.6 is 0 Å². The Kier molecular flexibility index (Phi) is 4.12. The van der Waals surface area contributed by atoms with E-state index in [1.807, 2.05) is 6.92 Å². The van der Waals surface area contributed by atoms with E-state index >= 15 is 0 Å². The van der Waals surface area contributed by atoms with Crippen LogP contribution in [0.4, 0.5) is 0 Å². The van der Waals surface area contributed by atoms with Crippen molar-refractivity contribution in [2.24, 2.45) is 0 Å². The number of benzene rings is 1. The number of aromatic nitrogens is 3. The number of carbonyl (C=O) groups is 1. The fourth-order valence-electron chi connectivity index (χ4n) is 1.71. The third-order valence-corrected chi connectivity index (χ3v) is 2.61. The number of hydrogen-bond acceptors (Lipinski definition) is 4. The molecule has 0 amide bonds. The molecule has 0 saturated heterocycles. The summed E-state index contributed by atoms with van der Waals surface area (Å²) >= 11 is 0. The number of ether oxygens (including phenoxy) is 1. The third-order valence-electron chi connectivity index (χ3n) is 2.61. The van der Waals surface area contributed by atoms with Crippen molar-refractivity contribution >= 4 is 5.97 Å². The third kappa shape index (κ3) is 3.09. The lowest BCUT2D eigenvalue weighted by atomic mass is 10.2. The van der Waals surface area contributed by atoms with Crippen LogP contribution in [0.25, 0.3) is 0 Å². The normalized spacial score (nSPS) is 10.4. The van der Waals surface area contributed by atoms with Gasteiger partial charge in [0.15, 0.2) is 5.82 Å². The fourth-order valence-corrected chi connectivity index (χ4v) is 1.71. The molecule has 0 unspecified atom stereocenters. The molecule has 1 aromatic carbocycles. The van der Waals surface area contributed by atoms with E-state index < -0.39 is 5.97 Å². The molecule has 100 valence electrons. The number of nitrogens with zero attached hydrogens (tertiary/aromatic N) is 3. The molecule has 1 heterocycles. The Morgan fingerprint density at radius 3 is 2.95 bits per heavy atom. The molecule has 6 heteroatoms. The van der Waals surface area contributed by atoms with Crippen molar-refractivity contribution in [3.63, 3.8) is 0 Å². The van der Waals surface area contributed by atoms with Gasteiger partial charge in [-0.25, -0.2) is 14.5 Å². The van der Waals surface area contributed by atoms with Crippen molar-refractivity contribution in [1.82, 2.24) is 14.8 Å². The van der Waals surface area contributed by atoms with Gasteiger partial charge >= 0.3 is 5.97 Å². The molecule has 1 N–H and O–H groups in total. The van der Waals surface area contributed by atoms with Crippen molar-refractivity contribution in [3.05, 3.63) is 42.0 Å². The smallest absolute Gasteiger partial charge is 0.339 e. The van der Waals surface area contributed by atoms with E-state index in [4.69, 9.17) is 9.84 Å². The van der Waals surface area contributed by atoms with Gasteiger partial charge in [-0.15, -0.1) is 0 Å². The predicted octanol–water partition coefficient (Wildman–Crippen LogP) is 1.97. The summed E-state index contributed by atoms with van der Waals surface area (Å²) < 4.78 is 7.28. The van der Waals surface area contributed by atoms with Gasteiger partial charge in [0.25, 0.3) is 0 Å². The van der Waals surface area contributed by atoms with Gasteiger partial charge in [-0.1, -0.05) is 19.1 Å². The van der Waals surface area contributed by atoms with E-state index in [1.54, 1.807) is 22.9 Å². The lowest BCUT2D eigenvalue weighted by molar-refractivity contribution is 0.0691. The second kappa shape index (κ2) is 5.99. The first-order valence-corrected chi connectivity index (χ1v) is 6.04. The zero-order valence-corrected chi connectivity index (χ0v) is 10.6. The Morgan fingerprint density at radius 2 is 2.21 bits per heavy atom. The Morgan fingerprint density at radius 1 is 1.42 bits per heavy atom. The highest BCUT2D eigenvalue weighted by Crippen LogP contribution is 2.18. The quantitative estimate of drug-likeness (QED) is 0.860. The zero-order valence-electron chi connectivity index (χ0n) is 10.6. The molecule has 6 nitrogen and oxygen atoms in total. The van der Waals surface area contributed by atoms with Crippen molar-refractivity contribution in [1.29, 1.82) is 0 Å². The topological polar surface area (TPSA) is 77.2 Å². The van der Waals surface area contributed by atoms with Gasteiger partial charge in [0.1, 0.15) is 24.2 Å². The van der Waals surface area contributed by atoms with Crippen LogP contribution in [0.3, 0.4) is 0 Å². The predicted molar refractivity (Wildman–Crippen MR) is 68.0 cm³/mol. The Bertz CT molecular complexity index is 566. The number of aromatic carboxylic acids is 1. The highest BCUT2D eigenvalue weighted by molar-refractivity contribution is 5.90. The van der Waals surface area contributed by atoms with Crippen LogP contribution in [0.15, 0.2) is 30.6 Å². The molecule has 0 aliphatic rings. The number of hydrogen-bond donors (Lipinski definition) is 1. The molecule has 0 aliphatic heterocycles. The first-order chi connectivity index (χ1) is 9.22. The minimum Gasteiger partial charge on any atom is -0.485 e. The average molecular weight is 261 g/mol. The first-order valence-electron chi connectivity index (χ1n) is 6.04. The second-order valence-electron chi connectivity index (χ2n) is 3.99. The molecule has 2 aromatic rings. The summed E-state index contributed by atoms with van der Waals surface area (Å²) in [7, 11) is 0. The molecule has 0 spiro atoms. The first kappa shape index (κ1) is 13.1. The standard InChI is InChI=1S/C13H15N3O3/c1-2-7-16-12(14-9-15-16)8-19-11-6-4-3-5-10(11)13(17)18/h3-6,9H,2,7-8H2,1H3,(H,17,18). The Labute approximate surface area is 110 Å². The number of rotatable bonds is 6. The van der Waals surface area contributed by atoms with Crippen LogP contribution < -0.4 is 4.74 Å². The molecule has 1 aromatic heterocycles. The van der Waals surface area contributed by atoms with Crippen molar-refractivity contribution in [3.8, 4) is 5.75 Å². The Balaban J connectivity index is 2.10. The Hall–Kier alpha value is -2.37. The van der Waals surface area contributed by atoms with Crippen LogP contribution in [0, 0.1) is 0 Å². The van der Waals surface area contributed by atoms with E-state index in [1.165, 1.54) is 12.4 Å². The van der Waals surface area contributed by atoms with E-state index in [-0.39, 0.29) is 12.2 Å². The largest absolute Gasteiger partial charge is 0.485 e. The summed E-state index contributed by atoms with van der Waals surface area (Å²) in [6.45, 7) is 3.01. The highest BCUT2D eigenvalue weighted by Gasteiger charge is 2.11. The van der Waals surface area contributed by atoms with Crippen LogP contribution in [0.1, 0.15) is 29.5 Å². The summed E-state index contributed by atoms with van der Waals surface area (Å²) in [6.07, 6.45) is 2.42. The maximum Gasteiger partial charge on any atom is 0.339 e. The zero-order chi connectivity index (χ0) is 13.7. The average Bonchev–Trinajstić information content (AvgIpc) is 2.84. The summed E-state index contributed by atoms with van der Waals surface area (Å²) in [5.41, 5.74) is 0.143. The van der Waals surface area contributed by atoms with E-state index in [2.05, 4.69) is 10.1 Å². The summed E-state index contributed by atoms with van der Waals surface area (Å²) in [4.78, 5) is 15.1. The van der Waals surface area contributed by atoms with Gasteiger partial charge < -0.3 is 9.84 Å². The molecular weight excluding hydrogens is 246 g/mol. The molecule has 0 fully saturated rings. The summed E-state index contributed by atoms with van der Waals surface area (Å²) in [5, 5.41) is 13.1. The molecule has 19 heavy (non-hydrogen) atoms. The number of aryl methyl sites for hydroxylation is 1. The molecule has 0 saturated carbocycles. The minimum absolute atomic E-state index is 0.143. The number of para-hydroxylation sites is 1. The van der Waals surface area contributed by atoms with Crippen molar-refractivity contribution in [2.45, 2.75) is 26.5 Å². The van der Waals surface area contributed by atoms with Gasteiger partial charge in [-0.2, -0.15) is 5.10 Å². The second-order valence-corrected chi connectivity index (χ2v) is 3.99. The molecular formula is C13H15N3O3. The summed E-state index contributed by atoms with van der Waals surface area (Å²) in [6, 6.07) is 6.53. The monoisotopic (exact) mass is 261 g/mol. The maximum absolute atomic E-state index is 11.0. The highest BCUT2D eigenvalue weighted by atomic mass is 16.5. The molecule has 0 aliphatic carbocycles. The van der Waals surface area contributed by atoms with Gasteiger partial charge in [0.05, 0.1) is 0 Å². The van der Waals surface area contributed by atoms with Crippen LogP contribution in [-0.4, -0.2) is 25.8 Å². The van der Waals surface area contributed by atoms with Crippen molar-refractivity contribution in [2.75, 3.05) is 0 Å². The molecule has 0 radical (unpaired) electrons. The van der Waals surface area contributed by atoms with Gasteiger partial charge in [-0.05, 0) is 18.6 Å². The SMILES string of the molecule is CCCn1ncnc1COc1ccccc1C(=O)O. The molecule has 0 bridgehead atoms. The lowest BCUT2D eigenvalue weighted by Crippen LogP contribution is -2.10. The lowest BCUT2D eigenvalue weighted by Gasteiger charge is -2.09. The molecule has 2 rings (SSSR count). The summed E-state index contributed by atoms with van der Waals surface area (Å²) in [5.74, 6) is 0.00807. The number of carboxylic acids is 1. The van der Waals surface area contributed by atoms with E-state index in [0.29, 0.717) is 11.6 Å². The van der Waals surface area contributed by atoms with E-state index in [9.17, 15) is 4.79 Å². The molecule has 0 atom stereocenters. The van der Waals surface area contributed by atoms with E-state index in [0.717, 1.165) is 13.0 Å². The number of carboxylic acid groups (broad SMARTS) is 1.